The number of hydrogen-bond donors (Lipinski definition) is 0. The second-order valence-corrected chi connectivity index (χ2v) is 3.21. The maximum atomic E-state index is 11.4. The fourth-order valence-corrected chi connectivity index (χ4v) is 1.62. The van der Waals surface area contributed by atoms with Gasteiger partial charge in [0.2, 0.25) is 0 Å². The summed E-state index contributed by atoms with van der Waals surface area (Å²) in [5.74, 6) is 0.114. The van der Waals surface area contributed by atoms with Gasteiger partial charge in [-0.25, -0.2) is 0 Å². The van der Waals surface area contributed by atoms with Gasteiger partial charge in [-0.15, -0.1) is 0 Å². The highest BCUT2D eigenvalue weighted by atomic mass is 16.6. The quantitative estimate of drug-likeness (QED) is 0.528. The van der Waals surface area contributed by atoms with Crippen LogP contribution in [0.15, 0.2) is 12.3 Å². The Bertz CT molecular complexity index is 370. The molecule has 0 saturated carbocycles. The van der Waals surface area contributed by atoms with Gasteiger partial charge >= 0.3 is 5.69 Å². The Morgan fingerprint density at radius 2 is 2.07 bits per heavy atom. The van der Waals surface area contributed by atoms with E-state index in [4.69, 9.17) is 4.74 Å². The number of rotatable bonds is 2. The summed E-state index contributed by atoms with van der Waals surface area (Å²) in [7, 11) is 0. The average molecular weight is 212 g/mol. The molecule has 1 fully saturated rings. The molecule has 1 aliphatic heterocycles. The summed E-state index contributed by atoms with van der Waals surface area (Å²) in [6.07, 6.45) is 1.16. The molecule has 0 amide bonds. The number of nitro groups is 1. The van der Waals surface area contributed by atoms with Gasteiger partial charge < -0.3 is 19.6 Å². The van der Waals surface area contributed by atoms with Crippen molar-refractivity contribution in [3.63, 3.8) is 0 Å². The summed E-state index contributed by atoms with van der Waals surface area (Å²) in [6.45, 7) is 1.99. The van der Waals surface area contributed by atoms with Crippen LogP contribution < -0.4 is 4.90 Å². The van der Waals surface area contributed by atoms with Crippen molar-refractivity contribution < 1.29 is 9.66 Å². The normalized spacial score (nSPS) is 16.7. The van der Waals surface area contributed by atoms with Crippen LogP contribution in [0.4, 0.5) is 11.5 Å². The number of morpholine rings is 1. The number of aromatic nitrogens is 1. The summed E-state index contributed by atoms with van der Waals surface area (Å²) < 4.78 is 5.65. The lowest BCUT2D eigenvalue weighted by Gasteiger charge is -2.30. The van der Waals surface area contributed by atoms with Crippen LogP contribution in [0, 0.1) is 15.3 Å². The SMILES string of the molecule is O=[N+]([O-])c1ccn([O-])c1N1CCOCC1. The highest BCUT2D eigenvalue weighted by Crippen LogP contribution is 2.29. The molecule has 82 valence electrons. The zero-order valence-electron chi connectivity index (χ0n) is 7.96. The van der Waals surface area contributed by atoms with E-state index in [0.29, 0.717) is 31.0 Å². The van der Waals surface area contributed by atoms with Gasteiger partial charge in [-0.05, 0) is 0 Å². The number of hydrogen-bond acceptors (Lipinski definition) is 5. The standard InChI is InChI=1S/C8H10N3O4/c12-10-2-1-7(11(13)14)8(10)9-3-5-15-6-4-9/h1-2H,3-6H2/q-1. The predicted molar refractivity (Wildman–Crippen MR) is 52.9 cm³/mol. The van der Waals surface area contributed by atoms with Crippen molar-refractivity contribution in [2.75, 3.05) is 31.2 Å². The van der Waals surface area contributed by atoms with Crippen LogP contribution in [-0.2, 0) is 4.74 Å². The summed E-state index contributed by atoms with van der Waals surface area (Å²) in [5.41, 5.74) is -0.146. The molecule has 0 spiro atoms. The van der Waals surface area contributed by atoms with Crippen molar-refractivity contribution in [3.05, 3.63) is 27.6 Å². The molecular formula is C8H10N3O4-. The summed E-state index contributed by atoms with van der Waals surface area (Å²) in [5, 5.41) is 22.0. The van der Waals surface area contributed by atoms with Gasteiger partial charge in [0, 0.05) is 25.4 Å². The molecule has 1 aromatic rings. The Morgan fingerprint density at radius 1 is 1.40 bits per heavy atom. The van der Waals surface area contributed by atoms with Crippen LogP contribution in [0.5, 0.6) is 0 Å². The first-order chi connectivity index (χ1) is 7.20. The molecule has 0 bridgehead atoms. The third-order valence-electron chi connectivity index (χ3n) is 2.31. The maximum Gasteiger partial charge on any atom is 0.310 e. The van der Waals surface area contributed by atoms with E-state index >= 15 is 0 Å². The summed E-state index contributed by atoms with van der Waals surface area (Å²) in [6, 6.07) is 1.22. The summed E-state index contributed by atoms with van der Waals surface area (Å²) >= 11 is 0. The molecule has 0 aliphatic carbocycles. The molecule has 0 N–H and O–H groups in total. The van der Waals surface area contributed by atoms with Crippen molar-refractivity contribution in [1.29, 1.82) is 0 Å². The largest absolute Gasteiger partial charge is 0.804 e. The lowest BCUT2D eigenvalue weighted by atomic mass is 10.4. The Morgan fingerprint density at radius 3 is 2.67 bits per heavy atom. The maximum absolute atomic E-state index is 11.4. The van der Waals surface area contributed by atoms with Crippen molar-refractivity contribution in [1.82, 2.24) is 4.73 Å². The molecule has 1 aromatic heterocycles. The minimum Gasteiger partial charge on any atom is -0.804 e. The molecule has 0 aromatic carbocycles. The number of anilines is 1. The molecule has 15 heavy (non-hydrogen) atoms. The van der Waals surface area contributed by atoms with Gasteiger partial charge in [0.25, 0.3) is 0 Å². The predicted octanol–water partition coefficient (Wildman–Crippen LogP) is 0.579. The monoisotopic (exact) mass is 212 g/mol. The molecule has 2 rings (SSSR count). The van der Waals surface area contributed by atoms with Gasteiger partial charge in [-0.2, -0.15) is 0 Å². The minimum atomic E-state index is -0.542. The van der Waals surface area contributed by atoms with Crippen LogP contribution in [0.25, 0.3) is 0 Å². The lowest BCUT2D eigenvalue weighted by molar-refractivity contribution is -0.384. The molecule has 2 heterocycles. The van der Waals surface area contributed by atoms with Gasteiger partial charge in [-0.3, -0.25) is 10.1 Å². The molecule has 7 heteroatoms. The second-order valence-electron chi connectivity index (χ2n) is 3.21. The lowest BCUT2D eigenvalue weighted by Crippen LogP contribution is -2.37. The second kappa shape index (κ2) is 3.77. The van der Waals surface area contributed by atoms with Crippen LogP contribution in [-0.4, -0.2) is 36.0 Å². The Hall–Kier alpha value is -1.76. The molecule has 0 atom stereocenters. The molecule has 7 nitrogen and oxygen atoms in total. The Kier molecular flexibility index (Phi) is 2.46. The van der Waals surface area contributed by atoms with Gasteiger partial charge in [-0.1, -0.05) is 0 Å². The number of ether oxygens (including phenoxy) is 1. The third-order valence-corrected chi connectivity index (χ3v) is 2.31. The molecule has 0 radical (unpaired) electrons. The third kappa shape index (κ3) is 1.73. The van der Waals surface area contributed by atoms with Crippen LogP contribution >= 0.6 is 0 Å². The topological polar surface area (TPSA) is 83.6 Å². The fourth-order valence-electron chi connectivity index (χ4n) is 1.62. The van der Waals surface area contributed by atoms with Crippen LogP contribution in [0.2, 0.25) is 0 Å². The van der Waals surface area contributed by atoms with Crippen molar-refractivity contribution in [2.24, 2.45) is 0 Å². The molecule has 1 saturated heterocycles. The first-order valence-corrected chi connectivity index (χ1v) is 4.56. The number of nitrogens with zero attached hydrogens (tertiary/aromatic N) is 3. The van der Waals surface area contributed by atoms with E-state index in [9.17, 15) is 15.3 Å². The van der Waals surface area contributed by atoms with Crippen molar-refractivity contribution in [3.8, 4) is 0 Å². The van der Waals surface area contributed by atoms with E-state index in [1.807, 2.05) is 0 Å². The highest BCUT2D eigenvalue weighted by molar-refractivity contribution is 5.60. The zero-order valence-corrected chi connectivity index (χ0v) is 7.96. The minimum absolute atomic E-state index is 0.114. The van der Waals surface area contributed by atoms with Crippen molar-refractivity contribution >= 4 is 11.5 Å². The van der Waals surface area contributed by atoms with Crippen molar-refractivity contribution in [2.45, 2.75) is 0 Å². The molecule has 0 unspecified atom stereocenters. The Labute approximate surface area is 85.6 Å². The van der Waals surface area contributed by atoms with E-state index in [1.165, 1.54) is 6.07 Å². The van der Waals surface area contributed by atoms with E-state index in [-0.39, 0.29) is 11.5 Å². The van der Waals surface area contributed by atoms with E-state index in [2.05, 4.69) is 0 Å². The first-order valence-electron chi connectivity index (χ1n) is 4.56. The average Bonchev–Trinajstić information content (AvgIpc) is 2.61. The first kappa shape index (κ1) is 9.78. The van der Waals surface area contributed by atoms with Gasteiger partial charge in [0.1, 0.15) is 0 Å². The fraction of sp³-hybridized carbons (Fsp3) is 0.500. The van der Waals surface area contributed by atoms with Crippen LogP contribution in [0.1, 0.15) is 0 Å². The Balaban J connectivity index is 2.32. The van der Waals surface area contributed by atoms with E-state index in [1.54, 1.807) is 4.90 Å². The zero-order chi connectivity index (χ0) is 10.8. The van der Waals surface area contributed by atoms with Crippen LogP contribution in [0.3, 0.4) is 0 Å². The highest BCUT2D eigenvalue weighted by Gasteiger charge is 2.23. The molecule has 1 aliphatic rings. The smallest absolute Gasteiger partial charge is 0.310 e. The molecular weight excluding hydrogens is 202 g/mol. The van der Waals surface area contributed by atoms with Gasteiger partial charge in [0.05, 0.1) is 18.1 Å². The van der Waals surface area contributed by atoms with E-state index < -0.39 is 4.92 Å². The van der Waals surface area contributed by atoms with Gasteiger partial charge in [0.15, 0.2) is 5.82 Å². The summed E-state index contributed by atoms with van der Waals surface area (Å²) in [4.78, 5) is 11.8. The van der Waals surface area contributed by atoms with E-state index in [0.717, 1.165) is 6.20 Å².